The van der Waals surface area contributed by atoms with Gasteiger partial charge < -0.3 is 9.47 Å². The number of halogens is 1. The third-order valence-corrected chi connectivity index (χ3v) is 5.79. The SMILES string of the molecule is COc1cc(C=C(C#N)c2ccc(Cl)cc2)ccc1OC(=O)C(C)N1C(=O)c2ccccc2C1=O. The zero-order valence-electron chi connectivity index (χ0n) is 18.8. The van der Waals surface area contributed by atoms with Crippen LogP contribution in [0.4, 0.5) is 0 Å². The lowest BCUT2D eigenvalue weighted by molar-refractivity contribution is -0.138. The number of esters is 1. The molecule has 0 radical (unpaired) electrons. The number of carbonyl (C=O) groups is 3. The number of nitrogens with zero attached hydrogens (tertiary/aromatic N) is 2. The van der Waals surface area contributed by atoms with Crippen LogP contribution in [0, 0.1) is 11.3 Å². The van der Waals surface area contributed by atoms with Crippen LogP contribution >= 0.6 is 11.6 Å². The van der Waals surface area contributed by atoms with E-state index in [9.17, 15) is 19.6 Å². The first-order valence-corrected chi connectivity index (χ1v) is 11.0. The van der Waals surface area contributed by atoms with Crippen LogP contribution in [0.2, 0.25) is 5.02 Å². The molecule has 0 fully saturated rings. The van der Waals surface area contributed by atoms with Gasteiger partial charge in [0.05, 0.1) is 29.9 Å². The van der Waals surface area contributed by atoms with E-state index < -0.39 is 23.8 Å². The fourth-order valence-corrected chi connectivity index (χ4v) is 3.82. The molecule has 1 heterocycles. The molecule has 8 heteroatoms. The van der Waals surface area contributed by atoms with Gasteiger partial charge in [0.1, 0.15) is 6.04 Å². The van der Waals surface area contributed by atoms with Crippen molar-refractivity contribution in [3.05, 3.63) is 94.0 Å². The number of amides is 2. The number of carbonyl (C=O) groups excluding carboxylic acids is 3. The fourth-order valence-electron chi connectivity index (χ4n) is 3.69. The number of nitriles is 1. The molecular weight excluding hydrogens is 468 g/mol. The van der Waals surface area contributed by atoms with E-state index in [0.717, 1.165) is 4.90 Å². The molecular formula is C27H19ClN2O5. The number of ether oxygens (including phenoxy) is 2. The molecule has 1 unspecified atom stereocenters. The quantitative estimate of drug-likeness (QED) is 0.160. The number of imide groups is 1. The molecule has 3 aromatic rings. The number of hydrogen-bond acceptors (Lipinski definition) is 6. The standard InChI is InChI=1S/C27H19ClN2O5/c1-16(30-25(31)21-5-3-4-6-22(21)26(30)32)27(33)35-23-12-7-17(14-24(23)34-2)13-19(15-29)18-8-10-20(28)11-9-18/h3-14,16H,1-2H3. The van der Waals surface area contributed by atoms with Crippen molar-refractivity contribution in [3.63, 3.8) is 0 Å². The summed E-state index contributed by atoms with van der Waals surface area (Å²) >= 11 is 5.92. The van der Waals surface area contributed by atoms with Crippen LogP contribution in [-0.4, -0.2) is 35.8 Å². The maximum atomic E-state index is 12.8. The molecule has 1 atom stereocenters. The van der Waals surface area contributed by atoms with Crippen molar-refractivity contribution in [2.45, 2.75) is 13.0 Å². The summed E-state index contributed by atoms with van der Waals surface area (Å²) in [6.45, 7) is 1.43. The molecule has 0 saturated heterocycles. The highest BCUT2D eigenvalue weighted by Crippen LogP contribution is 2.31. The summed E-state index contributed by atoms with van der Waals surface area (Å²) in [4.78, 5) is 39.1. The number of hydrogen-bond donors (Lipinski definition) is 0. The molecule has 1 aliphatic heterocycles. The molecule has 3 aromatic carbocycles. The fraction of sp³-hybridized carbons (Fsp3) is 0.111. The lowest BCUT2D eigenvalue weighted by atomic mass is 10.0. The molecule has 0 spiro atoms. The largest absolute Gasteiger partial charge is 0.493 e. The number of rotatable bonds is 6. The Morgan fingerprint density at radius 3 is 2.20 bits per heavy atom. The van der Waals surface area contributed by atoms with Gasteiger partial charge in [0.15, 0.2) is 11.5 Å². The Bertz CT molecular complexity index is 1370. The molecule has 1 aliphatic rings. The van der Waals surface area contributed by atoms with Crippen LogP contribution in [-0.2, 0) is 4.79 Å². The lowest BCUT2D eigenvalue weighted by Crippen LogP contribution is -2.44. The smallest absolute Gasteiger partial charge is 0.334 e. The van der Waals surface area contributed by atoms with Gasteiger partial charge in [0, 0.05) is 5.02 Å². The van der Waals surface area contributed by atoms with Crippen molar-refractivity contribution in [1.29, 1.82) is 5.26 Å². The van der Waals surface area contributed by atoms with Crippen molar-refractivity contribution in [2.24, 2.45) is 0 Å². The number of allylic oxidation sites excluding steroid dienone is 1. The van der Waals surface area contributed by atoms with Crippen LogP contribution in [0.25, 0.3) is 11.6 Å². The Morgan fingerprint density at radius 2 is 1.63 bits per heavy atom. The Hall–Kier alpha value is -4.41. The highest BCUT2D eigenvalue weighted by molar-refractivity contribution is 6.30. The summed E-state index contributed by atoms with van der Waals surface area (Å²) in [6.07, 6.45) is 1.67. The minimum Gasteiger partial charge on any atom is -0.493 e. The van der Waals surface area contributed by atoms with Gasteiger partial charge in [-0.1, -0.05) is 41.9 Å². The van der Waals surface area contributed by atoms with Crippen LogP contribution < -0.4 is 9.47 Å². The first kappa shape index (κ1) is 23.7. The number of fused-ring (bicyclic) bond motifs is 1. The van der Waals surface area contributed by atoms with Crippen molar-refractivity contribution in [1.82, 2.24) is 4.90 Å². The van der Waals surface area contributed by atoms with E-state index >= 15 is 0 Å². The first-order valence-electron chi connectivity index (χ1n) is 10.6. The van der Waals surface area contributed by atoms with Crippen molar-refractivity contribution >= 4 is 41.0 Å². The maximum Gasteiger partial charge on any atom is 0.334 e. The summed E-state index contributed by atoms with van der Waals surface area (Å²) in [5, 5.41) is 10.1. The predicted molar refractivity (Wildman–Crippen MR) is 130 cm³/mol. The van der Waals surface area contributed by atoms with Crippen molar-refractivity contribution < 1.29 is 23.9 Å². The van der Waals surface area contributed by atoms with Gasteiger partial charge in [-0.25, -0.2) is 4.79 Å². The molecule has 0 aromatic heterocycles. The third kappa shape index (κ3) is 4.65. The van der Waals surface area contributed by atoms with Gasteiger partial charge in [-0.15, -0.1) is 0 Å². The monoisotopic (exact) mass is 486 g/mol. The molecule has 2 amide bonds. The zero-order valence-corrected chi connectivity index (χ0v) is 19.6. The Morgan fingerprint density at radius 1 is 1.00 bits per heavy atom. The highest BCUT2D eigenvalue weighted by Gasteiger charge is 2.41. The van der Waals surface area contributed by atoms with E-state index in [4.69, 9.17) is 21.1 Å². The van der Waals surface area contributed by atoms with E-state index in [1.807, 2.05) is 0 Å². The minimum absolute atomic E-state index is 0.114. The molecule has 0 aliphatic carbocycles. The molecule has 4 rings (SSSR count). The lowest BCUT2D eigenvalue weighted by Gasteiger charge is -2.21. The summed E-state index contributed by atoms with van der Waals surface area (Å²) in [5.41, 5.74) is 2.25. The summed E-state index contributed by atoms with van der Waals surface area (Å²) in [6, 6.07) is 19.1. The van der Waals surface area contributed by atoms with E-state index in [2.05, 4.69) is 6.07 Å². The van der Waals surface area contributed by atoms with Crippen LogP contribution in [0.15, 0.2) is 66.7 Å². The Kier molecular flexibility index (Phi) is 6.67. The van der Waals surface area contributed by atoms with Gasteiger partial charge in [0.2, 0.25) is 0 Å². The Balaban J connectivity index is 1.55. The Labute approximate surface area is 206 Å². The first-order chi connectivity index (χ1) is 16.8. The molecule has 0 bridgehead atoms. The second-order valence-electron chi connectivity index (χ2n) is 7.71. The average Bonchev–Trinajstić information content (AvgIpc) is 3.13. The molecule has 7 nitrogen and oxygen atoms in total. The highest BCUT2D eigenvalue weighted by atomic mass is 35.5. The molecule has 174 valence electrons. The van der Waals surface area contributed by atoms with E-state index in [-0.39, 0.29) is 22.6 Å². The normalized spacial score (nSPS) is 13.8. The van der Waals surface area contributed by atoms with Gasteiger partial charge in [-0.2, -0.15) is 5.26 Å². The second kappa shape index (κ2) is 9.84. The molecule has 35 heavy (non-hydrogen) atoms. The molecule has 0 saturated carbocycles. The zero-order chi connectivity index (χ0) is 25.1. The van der Waals surface area contributed by atoms with Crippen LogP contribution in [0.1, 0.15) is 38.8 Å². The summed E-state index contributed by atoms with van der Waals surface area (Å²) < 4.78 is 10.8. The van der Waals surface area contributed by atoms with Gasteiger partial charge >= 0.3 is 5.97 Å². The summed E-state index contributed by atoms with van der Waals surface area (Å²) in [7, 11) is 1.41. The second-order valence-corrected chi connectivity index (χ2v) is 8.15. The number of methoxy groups -OCH3 is 1. The van der Waals surface area contributed by atoms with E-state index in [1.54, 1.807) is 66.7 Å². The van der Waals surface area contributed by atoms with Crippen molar-refractivity contribution in [3.8, 4) is 17.6 Å². The topological polar surface area (TPSA) is 96.7 Å². The number of benzene rings is 3. The van der Waals surface area contributed by atoms with Crippen LogP contribution in [0.5, 0.6) is 11.5 Å². The third-order valence-electron chi connectivity index (χ3n) is 5.54. The van der Waals surface area contributed by atoms with Gasteiger partial charge in [-0.3, -0.25) is 14.5 Å². The molecule has 0 N–H and O–H groups in total. The maximum absolute atomic E-state index is 12.8. The van der Waals surface area contributed by atoms with Crippen molar-refractivity contribution in [2.75, 3.05) is 7.11 Å². The van der Waals surface area contributed by atoms with Crippen LogP contribution in [0.3, 0.4) is 0 Å². The van der Waals surface area contributed by atoms with Gasteiger partial charge in [-0.05, 0) is 60.5 Å². The van der Waals surface area contributed by atoms with Gasteiger partial charge in [0.25, 0.3) is 11.8 Å². The van der Waals surface area contributed by atoms with E-state index in [1.165, 1.54) is 20.1 Å². The minimum atomic E-state index is -1.15. The summed E-state index contributed by atoms with van der Waals surface area (Å²) in [5.74, 6) is -1.53. The van der Waals surface area contributed by atoms with E-state index in [0.29, 0.717) is 21.7 Å². The predicted octanol–water partition coefficient (Wildman–Crippen LogP) is 5.00. The average molecular weight is 487 g/mol.